The number of ether oxygens (including phenoxy) is 2. The summed E-state index contributed by atoms with van der Waals surface area (Å²) in [5.74, 6) is 1.75. The molecule has 0 aromatic heterocycles. The van der Waals surface area contributed by atoms with Crippen LogP contribution in [0.4, 0.5) is 0 Å². The van der Waals surface area contributed by atoms with Gasteiger partial charge in [0.05, 0.1) is 25.3 Å². The second kappa shape index (κ2) is 6.44. The maximum absolute atomic E-state index is 8.84. The number of nitrogens with zero attached hydrogens (tertiary/aromatic N) is 1. The van der Waals surface area contributed by atoms with Crippen molar-refractivity contribution in [3.05, 3.63) is 23.8 Å². The fraction of sp³-hybridized carbons (Fsp3) is 0.533. The largest absolute Gasteiger partial charge is 0.493 e. The van der Waals surface area contributed by atoms with E-state index in [0.717, 1.165) is 12.6 Å². The summed E-state index contributed by atoms with van der Waals surface area (Å²) in [6.07, 6.45) is 2.61. The fourth-order valence-electron chi connectivity index (χ4n) is 1.80. The van der Waals surface area contributed by atoms with Crippen molar-refractivity contribution in [3.63, 3.8) is 0 Å². The highest BCUT2D eigenvalue weighted by Gasteiger charge is 2.21. The number of hydrogen-bond donors (Lipinski definition) is 1. The van der Waals surface area contributed by atoms with Crippen LogP contribution >= 0.6 is 0 Å². The van der Waals surface area contributed by atoms with Gasteiger partial charge in [-0.1, -0.05) is 6.92 Å². The third kappa shape index (κ3) is 4.15. The number of nitrogens with one attached hydrogen (secondary N) is 1. The molecule has 1 atom stereocenters. The minimum Gasteiger partial charge on any atom is -0.493 e. The smallest absolute Gasteiger partial charge is 0.162 e. The van der Waals surface area contributed by atoms with E-state index in [2.05, 4.69) is 18.3 Å². The first-order chi connectivity index (χ1) is 9.22. The number of methoxy groups -OCH3 is 1. The molecule has 0 heterocycles. The van der Waals surface area contributed by atoms with Crippen LogP contribution in [0, 0.1) is 17.2 Å². The third-order valence-electron chi connectivity index (χ3n) is 3.15. The summed E-state index contributed by atoms with van der Waals surface area (Å²) in [5, 5.41) is 12.3. The average Bonchev–Trinajstić information content (AvgIpc) is 3.26. The predicted molar refractivity (Wildman–Crippen MR) is 73.4 cm³/mol. The van der Waals surface area contributed by atoms with Gasteiger partial charge in [-0.15, -0.1) is 0 Å². The van der Waals surface area contributed by atoms with Gasteiger partial charge >= 0.3 is 0 Å². The first kappa shape index (κ1) is 13.7. The second-order valence-electron chi connectivity index (χ2n) is 5.08. The highest BCUT2D eigenvalue weighted by atomic mass is 16.5. The monoisotopic (exact) mass is 260 g/mol. The first-order valence-corrected chi connectivity index (χ1v) is 6.67. The molecule has 4 heteroatoms. The Kier molecular flexibility index (Phi) is 4.64. The summed E-state index contributed by atoms with van der Waals surface area (Å²) in [5.41, 5.74) is 0.577. The molecule has 1 aliphatic carbocycles. The molecule has 0 bridgehead atoms. The van der Waals surface area contributed by atoms with Crippen molar-refractivity contribution in [2.45, 2.75) is 25.8 Å². The number of rotatable bonds is 7. The normalized spacial score (nSPS) is 15.6. The summed E-state index contributed by atoms with van der Waals surface area (Å²) >= 11 is 0. The topological polar surface area (TPSA) is 54.3 Å². The van der Waals surface area contributed by atoms with Gasteiger partial charge in [0.2, 0.25) is 0 Å². The Morgan fingerprint density at radius 2 is 2.21 bits per heavy atom. The van der Waals surface area contributed by atoms with Gasteiger partial charge in [-0.05, 0) is 25.0 Å². The maximum Gasteiger partial charge on any atom is 0.162 e. The van der Waals surface area contributed by atoms with Crippen molar-refractivity contribution in [1.82, 2.24) is 5.32 Å². The molecule has 102 valence electrons. The predicted octanol–water partition coefficient (Wildman–Crippen LogP) is 2.33. The summed E-state index contributed by atoms with van der Waals surface area (Å²) in [6, 6.07) is 8.04. The Bertz CT molecular complexity index is 464. The van der Waals surface area contributed by atoms with E-state index in [1.807, 2.05) is 0 Å². The number of hydrogen-bond acceptors (Lipinski definition) is 4. The summed E-state index contributed by atoms with van der Waals surface area (Å²) in [7, 11) is 1.58. The third-order valence-corrected chi connectivity index (χ3v) is 3.15. The zero-order valence-electron chi connectivity index (χ0n) is 11.5. The molecule has 1 N–H and O–H groups in total. The lowest BCUT2D eigenvalue weighted by Crippen LogP contribution is -2.26. The van der Waals surface area contributed by atoms with E-state index >= 15 is 0 Å². The van der Waals surface area contributed by atoms with Crippen molar-refractivity contribution >= 4 is 0 Å². The van der Waals surface area contributed by atoms with Crippen molar-refractivity contribution in [1.29, 1.82) is 5.26 Å². The Morgan fingerprint density at radius 1 is 1.42 bits per heavy atom. The van der Waals surface area contributed by atoms with E-state index in [1.165, 1.54) is 12.8 Å². The molecule has 0 radical (unpaired) electrons. The maximum atomic E-state index is 8.84. The van der Waals surface area contributed by atoms with E-state index in [0.29, 0.717) is 29.6 Å². The van der Waals surface area contributed by atoms with Crippen molar-refractivity contribution in [2.24, 2.45) is 5.92 Å². The Hall–Kier alpha value is -1.73. The van der Waals surface area contributed by atoms with Crippen molar-refractivity contribution in [3.8, 4) is 17.6 Å². The van der Waals surface area contributed by atoms with Gasteiger partial charge in [0, 0.05) is 24.6 Å². The Balaban J connectivity index is 1.85. The molecular formula is C15H20N2O2. The minimum atomic E-state index is 0.445. The molecule has 1 unspecified atom stereocenters. The molecule has 1 fully saturated rings. The van der Waals surface area contributed by atoms with Crippen LogP contribution < -0.4 is 14.8 Å². The van der Waals surface area contributed by atoms with Gasteiger partial charge in [0.15, 0.2) is 11.5 Å². The molecule has 1 aliphatic rings. The summed E-state index contributed by atoms with van der Waals surface area (Å²) in [6.45, 7) is 3.77. The van der Waals surface area contributed by atoms with Gasteiger partial charge in [-0.25, -0.2) is 0 Å². The first-order valence-electron chi connectivity index (χ1n) is 6.67. The molecule has 1 aromatic carbocycles. The molecule has 1 aromatic rings. The van der Waals surface area contributed by atoms with Crippen LogP contribution in [0.5, 0.6) is 11.5 Å². The van der Waals surface area contributed by atoms with E-state index in [4.69, 9.17) is 14.7 Å². The highest BCUT2D eigenvalue weighted by molar-refractivity contribution is 5.46. The number of nitriles is 1. The van der Waals surface area contributed by atoms with Crippen LogP contribution in [0.25, 0.3) is 0 Å². The molecule has 0 saturated heterocycles. The van der Waals surface area contributed by atoms with Crippen LogP contribution in [0.1, 0.15) is 25.3 Å². The van der Waals surface area contributed by atoms with Crippen LogP contribution in [-0.2, 0) is 0 Å². The van der Waals surface area contributed by atoms with Crippen LogP contribution in [-0.4, -0.2) is 26.3 Å². The fourth-order valence-corrected chi connectivity index (χ4v) is 1.80. The van der Waals surface area contributed by atoms with Gasteiger partial charge < -0.3 is 14.8 Å². The van der Waals surface area contributed by atoms with Crippen LogP contribution in [0.15, 0.2) is 18.2 Å². The quantitative estimate of drug-likeness (QED) is 0.817. The lowest BCUT2D eigenvalue weighted by atomic mass is 10.2. The average molecular weight is 260 g/mol. The van der Waals surface area contributed by atoms with Crippen LogP contribution in [0.3, 0.4) is 0 Å². The molecule has 4 nitrogen and oxygen atoms in total. The van der Waals surface area contributed by atoms with Crippen LogP contribution in [0.2, 0.25) is 0 Å². The molecular weight excluding hydrogens is 240 g/mol. The molecule has 0 spiro atoms. The Labute approximate surface area is 114 Å². The summed E-state index contributed by atoms with van der Waals surface area (Å²) in [4.78, 5) is 0. The van der Waals surface area contributed by atoms with Gasteiger partial charge in [0.1, 0.15) is 0 Å². The highest BCUT2D eigenvalue weighted by Crippen LogP contribution is 2.28. The van der Waals surface area contributed by atoms with Gasteiger partial charge in [-0.2, -0.15) is 5.26 Å². The molecule has 2 rings (SSSR count). The Morgan fingerprint density at radius 3 is 2.84 bits per heavy atom. The molecule has 19 heavy (non-hydrogen) atoms. The van der Waals surface area contributed by atoms with Gasteiger partial charge in [-0.3, -0.25) is 0 Å². The van der Waals surface area contributed by atoms with Gasteiger partial charge in [0.25, 0.3) is 0 Å². The van der Waals surface area contributed by atoms with E-state index < -0.39 is 0 Å². The lowest BCUT2D eigenvalue weighted by molar-refractivity contribution is 0.244. The number of benzene rings is 1. The van der Waals surface area contributed by atoms with E-state index in [9.17, 15) is 0 Å². The van der Waals surface area contributed by atoms with Crippen molar-refractivity contribution < 1.29 is 9.47 Å². The zero-order valence-corrected chi connectivity index (χ0v) is 11.5. The summed E-state index contributed by atoms with van der Waals surface area (Å²) < 4.78 is 11.0. The van der Waals surface area contributed by atoms with Crippen molar-refractivity contribution in [2.75, 3.05) is 20.3 Å². The standard InChI is InChI=1S/C15H20N2O2/c1-11(9-17-13-4-5-13)10-19-14-6-3-12(8-16)7-15(14)18-2/h3,6-7,11,13,17H,4-5,9-10H2,1-2H3. The lowest BCUT2D eigenvalue weighted by Gasteiger charge is -2.15. The molecule has 0 aliphatic heterocycles. The molecule has 1 saturated carbocycles. The zero-order chi connectivity index (χ0) is 13.7. The van der Waals surface area contributed by atoms with E-state index in [1.54, 1.807) is 25.3 Å². The van der Waals surface area contributed by atoms with E-state index in [-0.39, 0.29) is 0 Å². The SMILES string of the molecule is COc1cc(C#N)ccc1OCC(C)CNC1CC1. The molecule has 0 amide bonds. The minimum absolute atomic E-state index is 0.445. The second-order valence-corrected chi connectivity index (χ2v) is 5.08.